The molecule has 0 bridgehead atoms. The van der Waals surface area contributed by atoms with E-state index in [2.05, 4.69) is 26.3 Å². The van der Waals surface area contributed by atoms with Crippen molar-refractivity contribution in [3.8, 4) is 0 Å². The van der Waals surface area contributed by atoms with Crippen LogP contribution in [0, 0.1) is 0 Å². The van der Waals surface area contributed by atoms with Crippen LogP contribution in [0.1, 0.15) is 5.56 Å². The number of carbonyl (C=O) groups excluding carboxylic acids is 1. The lowest BCUT2D eigenvalue weighted by molar-refractivity contribution is -0.113. The fourth-order valence-corrected chi connectivity index (χ4v) is 3.14. The van der Waals surface area contributed by atoms with Crippen LogP contribution in [0.15, 0.2) is 76.2 Å². The molecule has 1 heterocycles. The van der Waals surface area contributed by atoms with Gasteiger partial charge in [0, 0.05) is 15.4 Å². The highest BCUT2D eigenvalue weighted by molar-refractivity contribution is 9.10. The number of hydrogen-bond acceptors (Lipinski definition) is 3. The molecule has 0 saturated carbocycles. The molecule has 3 aromatic rings. The number of thioether (sulfide) groups is 1. The van der Waals surface area contributed by atoms with Gasteiger partial charge >= 0.3 is 0 Å². The third-order valence-corrected chi connectivity index (χ3v) is 4.88. The van der Waals surface area contributed by atoms with E-state index in [0.29, 0.717) is 18.1 Å². The number of hydrogen-bond donors (Lipinski definition) is 1. The maximum atomic E-state index is 12.2. The molecule has 0 fully saturated rings. The number of carbonyl (C=O) groups is 1. The summed E-state index contributed by atoms with van der Waals surface area (Å²) in [5.74, 6) is 1.02. The first-order valence-corrected chi connectivity index (χ1v) is 9.22. The Morgan fingerprint density at radius 1 is 1.08 bits per heavy atom. The molecule has 0 unspecified atom stereocenters. The highest BCUT2D eigenvalue weighted by atomic mass is 79.9. The van der Waals surface area contributed by atoms with Crippen LogP contribution in [-0.4, -0.2) is 21.4 Å². The highest BCUT2D eigenvalue weighted by Crippen LogP contribution is 2.21. The topological polar surface area (TPSA) is 46.9 Å². The molecule has 1 aromatic heterocycles. The minimum atomic E-state index is -0.0438. The van der Waals surface area contributed by atoms with Crippen molar-refractivity contribution in [1.29, 1.82) is 0 Å². The van der Waals surface area contributed by atoms with Crippen LogP contribution < -0.4 is 5.32 Å². The lowest BCUT2D eigenvalue weighted by Crippen LogP contribution is -2.17. The summed E-state index contributed by atoms with van der Waals surface area (Å²) in [5.41, 5.74) is 1.14. The minimum Gasteiger partial charge on any atom is -0.310 e. The SMILES string of the molecule is O=C(CSc1ccc(Br)cc1)Nc1ccnn1Cc1ccccc1. The van der Waals surface area contributed by atoms with E-state index in [1.165, 1.54) is 11.8 Å². The van der Waals surface area contributed by atoms with Gasteiger partial charge in [-0.2, -0.15) is 5.10 Å². The van der Waals surface area contributed by atoms with Crippen molar-refractivity contribution in [2.45, 2.75) is 11.4 Å². The first kappa shape index (κ1) is 16.8. The quantitative estimate of drug-likeness (QED) is 0.621. The van der Waals surface area contributed by atoms with Gasteiger partial charge in [-0.1, -0.05) is 46.3 Å². The van der Waals surface area contributed by atoms with Crippen molar-refractivity contribution >= 4 is 39.4 Å². The molecule has 122 valence electrons. The third-order valence-electron chi connectivity index (χ3n) is 3.34. The Morgan fingerprint density at radius 3 is 2.58 bits per heavy atom. The van der Waals surface area contributed by atoms with Gasteiger partial charge in [0.1, 0.15) is 5.82 Å². The Kier molecular flexibility index (Phi) is 5.72. The zero-order valence-electron chi connectivity index (χ0n) is 12.9. The van der Waals surface area contributed by atoms with Crippen molar-refractivity contribution in [3.63, 3.8) is 0 Å². The first-order chi connectivity index (χ1) is 11.7. The Hall–Kier alpha value is -2.05. The summed E-state index contributed by atoms with van der Waals surface area (Å²) in [4.78, 5) is 13.2. The Labute approximate surface area is 153 Å². The summed E-state index contributed by atoms with van der Waals surface area (Å²) in [6.07, 6.45) is 1.69. The summed E-state index contributed by atoms with van der Waals surface area (Å²) < 4.78 is 2.82. The Morgan fingerprint density at radius 2 is 1.83 bits per heavy atom. The maximum Gasteiger partial charge on any atom is 0.235 e. The summed E-state index contributed by atoms with van der Waals surface area (Å²) in [6, 6.07) is 19.8. The van der Waals surface area contributed by atoms with Crippen molar-refractivity contribution in [2.24, 2.45) is 0 Å². The molecule has 0 saturated heterocycles. The van der Waals surface area contributed by atoms with Crippen molar-refractivity contribution in [3.05, 3.63) is 76.9 Å². The minimum absolute atomic E-state index is 0.0438. The highest BCUT2D eigenvalue weighted by Gasteiger charge is 2.08. The van der Waals surface area contributed by atoms with E-state index in [9.17, 15) is 4.79 Å². The number of nitrogens with one attached hydrogen (secondary N) is 1. The van der Waals surface area contributed by atoms with Crippen molar-refractivity contribution in [1.82, 2.24) is 9.78 Å². The van der Waals surface area contributed by atoms with E-state index in [4.69, 9.17) is 0 Å². The predicted molar refractivity (Wildman–Crippen MR) is 101 cm³/mol. The standard InChI is InChI=1S/C18H16BrN3OS/c19-15-6-8-16(9-7-15)24-13-18(23)21-17-10-11-20-22(17)12-14-4-2-1-3-5-14/h1-11H,12-13H2,(H,21,23). The number of rotatable bonds is 6. The lowest BCUT2D eigenvalue weighted by Gasteiger charge is -2.09. The second-order valence-corrected chi connectivity index (χ2v) is 7.11. The zero-order valence-corrected chi connectivity index (χ0v) is 15.3. The van der Waals surface area contributed by atoms with Gasteiger partial charge in [0.05, 0.1) is 18.5 Å². The van der Waals surface area contributed by atoms with Gasteiger partial charge < -0.3 is 5.32 Å². The molecule has 2 aromatic carbocycles. The number of halogens is 1. The van der Waals surface area contributed by atoms with Gasteiger partial charge in [0.15, 0.2) is 0 Å². The summed E-state index contributed by atoms with van der Waals surface area (Å²) in [5, 5.41) is 7.21. The van der Waals surface area contributed by atoms with Gasteiger partial charge in [0.25, 0.3) is 0 Å². The Bertz CT molecular complexity index is 803. The third kappa shape index (κ3) is 4.72. The van der Waals surface area contributed by atoms with Crippen LogP contribution in [0.3, 0.4) is 0 Å². The van der Waals surface area contributed by atoms with Gasteiger partial charge in [-0.25, -0.2) is 4.68 Å². The molecule has 0 atom stereocenters. The van der Waals surface area contributed by atoms with Crippen LogP contribution in [0.4, 0.5) is 5.82 Å². The van der Waals surface area contributed by atoms with E-state index >= 15 is 0 Å². The zero-order chi connectivity index (χ0) is 16.8. The second-order valence-electron chi connectivity index (χ2n) is 5.15. The van der Waals surface area contributed by atoms with Crippen LogP contribution in [0.5, 0.6) is 0 Å². The number of nitrogens with zero attached hydrogens (tertiary/aromatic N) is 2. The van der Waals surface area contributed by atoms with Gasteiger partial charge in [-0.3, -0.25) is 4.79 Å². The normalized spacial score (nSPS) is 10.5. The number of anilines is 1. The second kappa shape index (κ2) is 8.17. The molecular formula is C18H16BrN3OS. The van der Waals surface area contributed by atoms with Gasteiger partial charge in [-0.05, 0) is 29.8 Å². The smallest absolute Gasteiger partial charge is 0.235 e. The fourth-order valence-electron chi connectivity index (χ4n) is 2.18. The maximum absolute atomic E-state index is 12.2. The molecule has 0 radical (unpaired) electrons. The average molecular weight is 402 g/mol. The molecular weight excluding hydrogens is 386 g/mol. The van der Waals surface area contributed by atoms with Crippen LogP contribution in [0.25, 0.3) is 0 Å². The lowest BCUT2D eigenvalue weighted by atomic mass is 10.2. The number of benzene rings is 2. The van der Waals surface area contributed by atoms with Crippen LogP contribution in [0.2, 0.25) is 0 Å². The molecule has 0 aliphatic rings. The molecule has 0 spiro atoms. The molecule has 3 rings (SSSR count). The van der Waals surface area contributed by atoms with Crippen molar-refractivity contribution in [2.75, 3.05) is 11.1 Å². The fraction of sp³-hybridized carbons (Fsp3) is 0.111. The van der Waals surface area contributed by atoms with E-state index < -0.39 is 0 Å². The van der Waals surface area contributed by atoms with E-state index in [1.54, 1.807) is 10.9 Å². The molecule has 0 aliphatic carbocycles. The largest absolute Gasteiger partial charge is 0.310 e. The summed E-state index contributed by atoms with van der Waals surface area (Å²) >= 11 is 4.91. The van der Waals surface area contributed by atoms with Gasteiger partial charge in [-0.15, -0.1) is 11.8 Å². The molecule has 24 heavy (non-hydrogen) atoms. The predicted octanol–water partition coefficient (Wildman–Crippen LogP) is 4.42. The van der Waals surface area contributed by atoms with Crippen LogP contribution in [-0.2, 0) is 11.3 Å². The van der Waals surface area contributed by atoms with Gasteiger partial charge in [0.2, 0.25) is 5.91 Å². The summed E-state index contributed by atoms with van der Waals surface area (Å²) in [7, 11) is 0. The molecule has 1 N–H and O–H groups in total. The first-order valence-electron chi connectivity index (χ1n) is 7.45. The summed E-state index contributed by atoms with van der Waals surface area (Å²) in [6.45, 7) is 0.628. The molecule has 1 amide bonds. The van der Waals surface area contributed by atoms with E-state index in [1.807, 2.05) is 60.7 Å². The van der Waals surface area contributed by atoms with Crippen LogP contribution >= 0.6 is 27.7 Å². The Balaban J connectivity index is 1.57. The number of amides is 1. The molecule has 6 heteroatoms. The van der Waals surface area contributed by atoms with E-state index in [0.717, 1.165) is 14.9 Å². The average Bonchev–Trinajstić information content (AvgIpc) is 3.02. The monoisotopic (exact) mass is 401 g/mol. The number of aromatic nitrogens is 2. The molecule has 4 nitrogen and oxygen atoms in total. The van der Waals surface area contributed by atoms with Crippen molar-refractivity contribution < 1.29 is 4.79 Å². The van der Waals surface area contributed by atoms with E-state index in [-0.39, 0.29) is 5.91 Å². The molecule has 0 aliphatic heterocycles.